The van der Waals surface area contributed by atoms with Gasteiger partial charge in [-0.1, -0.05) is 54.8 Å². The number of nitrogens with zero attached hydrogens (tertiary/aromatic N) is 4. The fourth-order valence-corrected chi connectivity index (χ4v) is 8.64. The zero-order valence-corrected chi connectivity index (χ0v) is 35.6. The lowest BCUT2D eigenvalue weighted by Crippen LogP contribution is -2.47. The van der Waals surface area contributed by atoms with Gasteiger partial charge in [-0.2, -0.15) is 0 Å². The van der Waals surface area contributed by atoms with Gasteiger partial charge in [0.1, 0.15) is 29.5 Å². The minimum absolute atomic E-state index is 0.111. The van der Waals surface area contributed by atoms with Crippen LogP contribution in [0.1, 0.15) is 54.6 Å². The predicted molar refractivity (Wildman–Crippen MR) is 239 cm³/mol. The monoisotopic (exact) mass is 862 g/mol. The molecule has 1 amide bonds. The van der Waals surface area contributed by atoms with Crippen LogP contribution in [-0.2, 0) is 6.61 Å². The Morgan fingerprint density at radius 1 is 0.933 bits per heavy atom. The van der Waals surface area contributed by atoms with Gasteiger partial charge in [0, 0.05) is 77.7 Å². The Bertz CT molecular complexity index is 2550. The maximum atomic E-state index is 13.6. The molecule has 2 N–H and O–H groups in total. The summed E-state index contributed by atoms with van der Waals surface area (Å²) in [6.07, 6.45) is 6.82. The molecule has 1 aliphatic carbocycles. The predicted octanol–water partition coefficient (Wildman–Crippen LogP) is 11.4. The fourth-order valence-electron chi connectivity index (χ4n) is 7.73. The molecule has 1 saturated heterocycles. The number of hydrogen-bond donors (Lipinski definition) is 2. The molecular weight excluding hydrogens is 820 g/mol. The van der Waals surface area contributed by atoms with Crippen LogP contribution in [0, 0.1) is 15.5 Å². The third kappa shape index (κ3) is 9.90. The van der Waals surface area contributed by atoms with Crippen molar-refractivity contribution in [1.82, 2.24) is 19.6 Å². The lowest BCUT2D eigenvalue weighted by molar-refractivity contribution is -0.385. The van der Waals surface area contributed by atoms with Crippen LogP contribution in [0.15, 0.2) is 120 Å². The van der Waals surface area contributed by atoms with Gasteiger partial charge in [-0.15, -0.1) is 0 Å². The molecule has 4 aromatic carbocycles. The molecule has 2 aromatic heterocycles. The lowest BCUT2D eigenvalue weighted by atomic mass is 9.72. The number of aromatic nitrogens is 2. The van der Waals surface area contributed by atoms with Gasteiger partial charge in [-0.05, 0) is 121 Å². The molecule has 0 radical (unpaired) electrons. The van der Waals surface area contributed by atoms with Crippen molar-refractivity contribution in [3.63, 3.8) is 0 Å². The summed E-state index contributed by atoms with van der Waals surface area (Å²) in [5.41, 5.74) is 6.63. The first-order chi connectivity index (χ1) is 29.0. The second-order valence-corrected chi connectivity index (χ2v) is 17.6. The molecule has 6 aromatic rings. The number of hydrogen-bond acceptors (Lipinski definition) is 9. The number of ether oxygens (including phenoxy) is 2. The van der Waals surface area contributed by atoms with Crippen LogP contribution in [-0.4, -0.2) is 58.4 Å². The molecule has 2 aliphatic rings. The topological polar surface area (TPSA) is 126 Å². The maximum absolute atomic E-state index is 13.6. The van der Waals surface area contributed by atoms with Crippen LogP contribution in [0.25, 0.3) is 16.6 Å². The quantitative estimate of drug-likeness (QED) is 0.0663. The van der Waals surface area contributed by atoms with Crippen LogP contribution in [0.4, 0.5) is 11.4 Å². The number of carbonyl (C=O) groups is 1. The molecule has 60 heavy (non-hydrogen) atoms. The van der Waals surface area contributed by atoms with Crippen molar-refractivity contribution < 1.29 is 19.2 Å². The number of nitrogens with one attached hydrogen (secondary N) is 2. The standard InChI is InChI=1S/C46H44Cl2N6O5S/c1-46(2)17-15-33(40(26-46)30-3-6-35(47)7-4-30)28-52-19-21-53(22-20-52)37-10-14-43(42(25-37)59-39-24-31-16-18-49-44(31)50-27-39)60-51-45(55)32-5-13-41(54(56)57)34(23-32)29-58-38-11-8-36(48)9-12-38/h3-14,16,18,23-25,27H,15,17,19-22,26,28-29H2,1-2H3,(H,49,50)(H,51,55). The van der Waals surface area contributed by atoms with Crippen molar-refractivity contribution >= 4 is 69.0 Å². The van der Waals surface area contributed by atoms with Crippen LogP contribution < -0.4 is 19.1 Å². The number of rotatable bonds is 13. The van der Waals surface area contributed by atoms with Gasteiger partial charge in [0.2, 0.25) is 0 Å². The van der Waals surface area contributed by atoms with Gasteiger partial charge < -0.3 is 19.4 Å². The molecule has 14 heteroatoms. The van der Waals surface area contributed by atoms with E-state index in [9.17, 15) is 14.9 Å². The lowest BCUT2D eigenvalue weighted by Gasteiger charge is -2.39. The number of fused-ring (bicyclic) bond motifs is 1. The van der Waals surface area contributed by atoms with Crippen LogP contribution >= 0.6 is 35.1 Å². The second kappa shape index (κ2) is 18.0. The minimum Gasteiger partial charge on any atom is -0.489 e. The number of nitro benzene ring substituents is 1. The van der Waals surface area contributed by atoms with Gasteiger partial charge >= 0.3 is 0 Å². The molecule has 1 aliphatic heterocycles. The van der Waals surface area contributed by atoms with E-state index in [1.54, 1.807) is 30.5 Å². The highest BCUT2D eigenvalue weighted by Crippen LogP contribution is 2.44. The van der Waals surface area contributed by atoms with E-state index in [0.29, 0.717) is 27.2 Å². The molecule has 8 rings (SSSR count). The molecule has 3 heterocycles. The van der Waals surface area contributed by atoms with Crippen molar-refractivity contribution in [2.45, 2.75) is 44.6 Å². The van der Waals surface area contributed by atoms with Gasteiger partial charge in [0.15, 0.2) is 0 Å². The summed E-state index contributed by atoms with van der Waals surface area (Å²) < 4.78 is 15.2. The van der Waals surface area contributed by atoms with Gasteiger partial charge in [0.05, 0.1) is 21.6 Å². The number of benzene rings is 4. The molecule has 0 unspecified atom stereocenters. The summed E-state index contributed by atoms with van der Waals surface area (Å²) >= 11 is 13.3. The number of halogens is 2. The highest BCUT2D eigenvalue weighted by atomic mass is 35.5. The van der Waals surface area contributed by atoms with E-state index in [4.69, 9.17) is 32.7 Å². The number of H-pyrrole nitrogens is 1. The van der Waals surface area contributed by atoms with Crippen molar-refractivity contribution in [2.75, 3.05) is 37.6 Å². The molecule has 0 saturated carbocycles. The summed E-state index contributed by atoms with van der Waals surface area (Å²) in [4.78, 5) is 38.1. The maximum Gasteiger partial charge on any atom is 0.276 e. The zero-order valence-electron chi connectivity index (χ0n) is 33.3. The van der Waals surface area contributed by atoms with E-state index in [1.807, 2.05) is 48.7 Å². The third-order valence-corrected chi connectivity index (χ3v) is 12.4. The Balaban J connectivity index is 0.977. The van der Waals surface area contributed by atoms with Crippen LogP contribution in [0.2, 0.25) is 10.0 Å². The Hall–Kier alpha value is -5.53. The molecule has 0 bridgehead atoms. The van der Waals surface area contributed by atoms with E-state index in [1.165, 1.54) is 41.3 Å². The number of piperazine rings is 1. The first kappa shape index (κ1) is 41.2. The smallest absolute Gasteiger partial charge is 0.276 e. The molecule has 11 nitrogen and oxygen atoms in total. The number of nitro groups is 1. The summed E-state index contributed by atoms with van der Waals surface area (Å²) in [7, 11) is 0. The van der Waals surface area contributed by atoms with Crippen molar-refractivity contribution in [1.29, 1.82) is 0 Å². The summed E-state index contributed by atoms with van der Waals surface area (Å²) in [5, 5.41) is 14.0. The Kier molecular flexibility index (Phi) is 12.4. The zero-order chi connectivity index (χ0) is 41.8. The minimum atomic E-state index is -0.491. The normalized spacial score (nSPS) is 15.6. The van der Waals surface area contributed by atoms with Crippen LogP contribution in [0.3, 0.4) is 0 Å². The van der Waals surface area contributed by atoms with Gasteiger partial charge in [-0.25, -0.2) is 4.98 Å². The number of pyridine rings is 1. The molecular formula is C46H44Cl2N6O5S. The Labute approximate surface area is 363 Å². The summed E-state index contributed by atoms with van der Waals surface area (Å²) in [5.74, 6) is 1.17. The molecule has 308 valence electrons. The number of carbonyl (C=O) groups excluding carboxylic acids is 1. The molecule has 1 fully saturated rings. The van der Waals surface area contributed by atoms with Crippen molar-refractivity contribution in [3.8, 4) is 17.2 Å². The average Bonchev–Trinajstić information content (AvgIpc) is 3.72. The Morgan fingerprint density at radius 2 is 1.68 bits per heavy atom. The summed E-state index contributed by atoms with van der Waals surface area (Å²) in [6.45, 7) is 9.08. The van der Waals surface area contributed by atoms with Gasteiger partial charge in [0.25, 0.3) is 11.6 Å². The van der Waals surface area contributed by atoms with Crippen LogP contribution in [0.5, 0.6) is 17.2 Å². The fraction of sp³-hybridized carbons (Fsp3) is 0.261. The average molecular weight is 864 g/mol. The SMILES string of the molecule is CC1(C)CCC(CN2CCN(c3ccc(SNC(=O)c4ccc([N+](=O)[O-])c(COc5ccc(Cl)cc5)c4)c(Oc4cnc5[nH]ccc5c4)c3)CC2)=C(c2ccc(Cl)cc2)C1. The highest BCUT2D eigenvalue weighted by Gasteiger charge is 2.29. The van der Waals surface area contributed by atoms with Gasteiger partial charge in [-0.3, -0.25) is 24.5 Å². The second-order valence-electron chi connectivity index (χ2n) is 15.9. The largest absolute Gasteiger partial charge is 0.489 e. The molecule has 0 atom stereocenters. The number of amides is 1. The third-order valence-electron chi connectivity index (χ3n) is 11.1. The van der Waals surface area contributed by atoms with E-state index >= 15 is 0 Å². The van der Waals surface area contributed by atoms with Crippen molar-refractivity contribution in [2.24, 2.45) is 5.41 Å². The van der Waals surface area contributed by atoms with E-state index in [2.05, 4.69) is 50.5 Å². The first-order valence-corrected chi connectivity index (χ1v) is 21.4. The number of aromatic amines is 1. The first-order valence-electron chi connectivity index (χ1n) is 19.8. The number of anilines is 1. The highest BCUT2D eigenvalue weighted by molar-refractivity contribution is 7.98. The Morgan fingerprint density at radius 3 is 2.43 bits per heavy atom. The molecule has 0 spiro atoms. The van der Waals surface area contributed by atoms with E-state index in [0.717, 1.165) is 79.3 Å². The number of allylic oxidation sites excluding steroid dienone is 1. The summed E-state index contributed by atoms with van der Waals surface area (Å²) in [6, 6.07) is 29.1. The van der Waals surface area contributed by atoms with E-state index < -0.39 is 10.8 Å². The van der Waals surface area contributed by atoms with E-state index in [-0.39, 0.29) is 28.8 Å². The van der Waals surface area contributed by atoms with Crippen molar-refractivity contribution in [3.05, 3.63) is 152 Å².